The first kappa shape index (κ1) is 10.4. The Kier molecular flexibility index (Phi) is 2.62. The lowest BCUT2D eigenvalue weighted by Gasteiger charge is -2.28. The molecule has 4 aromatic rings. The van der Waals surface area contributed by atoms with Gasteiger partial charge in [0.1, 0.15) is 17.0 Å². The van der Waals surface area contributed by atoms with E-state index in [9.17, 15) is 0 Å². The van der Waals surface area contributed by atoms with E-state index in [1.807, 2.05) is 0 Å². The summed E-state index contributed by atoms with van der Waals surface area (Å²) < 4.78 is 99.9. The minimum absolute atomic E-state index is 0.0490. The van der Waals surface area contributed by atoms with Crippen LogP contribution in [0.5, 0.6) is 0 Å². The van der Waals surface area contributed by atoms with Crippen molar-refractivity contribution in [1.29, 1.82) is 0 Å². The monoisotopic (exact) mass is 426 g/mol. The summed E-state index contributed by atoms with van der Waals surface area (Å²) in [6, 6.07) is 5.82. The smallest absolute Gasteiger partial charge is 0.182 e. The number of nitrogens with zero attached hydrogens (tertiary/aromatic N) is 6. The van der Waals surface area contributed by atoms with Crippen LogP contribution >= 0.6 is 0 Å². The predicted octanol–water partition coefficient (Wildman–Crippen LogP) is 4.38. The van der Waals surface area contributed by atoms with Crippen molar-refractivity contribution in [2.24, 2.45) is 6.98 Å². The van der Waals surface area contributed by atoms with E-state index in [4.69, 9.17) is 26.2 Å². The molecule has 1 saturated heterocycles. The van der Waals surface area contributed by atoms with E-state index in [0.29, 0.717) is 24.0 Å². The van der Waals surface area contributed by atoms with Crippen LogP contribution in [0.1, 0.15) is 69.7 Å². The molecule has 3 aromatic heterocycles. The maximum absolute atomic E-state index is 7.91. The van der Waals surface area contributed by atoms with Crippen molar-refractivity contribution in [3.8, 4) is 11.3 Å². The average molecular weight is 427 g/mol. The molecule has 0 amide bonds. The Bertz CT molecular complexity index is 1640. The Balaban J connectivity index is 1.65. The van der Waals surface area contributed by atoms with E-state index in [1.165, 1.54) is 36.7 Å². The van der Waals surface area contributed by atoms with Crippen molar-refractivity contribution < 1.29 is 21.2 Å². The maximum atomic E-state index is 7.91. The highest BCUT2D eigenvalue weighted by molar-refractivity contribution is 5.87. The molecule has 4 heterocycles. The first-order valence-corrected chi connectivity index (χ1v) is 9.70. The maximum Gasteiger partial charge on any atom is 0.182 e. The van der Waals surface area contributed by atoms with Gasteiger partial charge in [0, 0.05) is 53.3 Å². The van der Waals surface area contributed by atoms with Gasteiger partial charge in [-0.15, -0.1) is 0 Å². The molecule has 0 bridgehead atoms. The SMILES string of the molecule is [2H]C([2H])([2H])c1ccc(-c2nc([C@H]3CCO[C@@H](c4cnn(C([2H])([2H])[2H])c4)C3)nc3nc(C([2H])([2H])[2H])c(C([2H])([2H])[2H])nc23)cc1. The Morgan fingerprint density at radius 1 is 1.03 bits per heavy atom. The lowest BCUT2D eigenvalue weighted by molar-refractivity contribution is 0.00398. The van der Waals surface area contributed by atoms with Gasteiger partial charge < -0.3 is 4.74 Å². The van der Waals surface area contributed by atoms with Crippen molar-refractivity contribution in [3.05, 3.63) is 65.0 Å². The summed E-state index contributed by atoms with van der Waals surface area (Å²) in [7, 11) is 0. The fourth-order valence-electron chi connectivity index (χ4n) is 3.74. The molecule has 0 spiro atoms. The highest BCUT2D eigenvalue weighted by atomic mass is 16.5. The molecule has 1 fully saturated rings. The standard InChI is InChI=1S/C24H26N6O/c1-14-5-7-17(8-6-14)21-22-24(27-16(3)15(2)26-22)29-23(28-21)18-9-10-31-20(11-18)19-12-25-30(4)13-19/h5-8,12-13,18,20H,9-11H2,1-4H3/t18-,20+/m0/s1/i1D3,2D3,3D3,4D3. The molecule has 1 aromatic carbocycles. The lowest BCUT2D eigenvalue weighted by atomic mass is 9.92. The number of aryl methyl sites for hydroxylation is 4. The van der Waals surface area contributed by atoms with Crippen molar-refractivity contribution in [2.75, 3.05) is 6.61 Å². The van der Waals surface area contributed by atoms with Gasteiger partial charge in [-0.05, 0) is 33.4 Å². The molecule has 7 heteroatoms. The summed E-state index contributed by atoms with van der Waals surface area (Å²) in [6.45, 7) is -10.3. The highest BCUT2D eigenvalue weighted by Gasteiger charge is 2.29. The molecular weight excluding hydrogens is 388 g/mol. The van der Waals surface area contributed by atoms with Crippen molar-refractivity contribution in [1.82, 2.24) is 29.7 Å². The highest BCUT2D eigenvalue weighted by Crippen LogP contribution is 2.37. The van der Waals surface area contributed by atoms with Gasteiger partial charge in [0.25, 0.3) is 0 Å². The number of hydrogen-bond acceptors (Lipinski definition) is 6. The van der Waals surface area contributed by atoms with E-state index in [0.717, 1.165) is 4.68 Å². The number of fused-ring (bicyclic) bond motifs is 1. The van der Waals surface area contributed by atoms with Crippen LogP contribution in [0, 0.1) is 20.6 Å². The van der Waals surface area contributed by atoms with Gasteiger partial charge in [-0.3, -0.25) is 4.68 Å². The second kappa shape index (κ2) is 7.81. The first-order chi connectivity index (χ1) is 19.8. The van der Waals surface area contributed by atoms with Gasteiger partial charge in [0.2, 0.25) is 0 Å². The van der Waals surface area contributed by atoms with E-state index in [1.54, 1.807) is 0 Å². The molecule has 0 aliphatic carbocycles. The Morgan fingerprint density at radius 2 is 1.90 bits per heavy atom. The number of ether oxygens (including phenoxy) is 1. The quantitative estimate of drug-likeness (QED) is 0.484. The average Bonchev–Trinajstić information content (AvgIpc) is 3.42. The summed E-state index contributed by atoms with van der Waals surface area (Å²) >= 11 is 0. The van der Waals surface area contributed by atoms with Gasteiger partial charge in [-0.2, -0.15) is 5.10 Å². The predicted molar refractivity (Wildman–Crippen MR) is 119 cm³/mol. The second-order valence-corrected chi connectivity index (χ2v) is 7.40. The van der Waals surface area contributed by atoms with Crippen molar-refractivity contribution in [2.45, 2.75) is 45.4 Å². The molecular formula is C24H26N6O. The molecule has 5 rings (SSSR count). The molecule has 1 aliphatic rings. The summed E-state index contributed by atoms with van der Waals surface area (Å²) in [4.78, 5) is 17.7. The molecule has 0 saturated carbocycles. The minimum Gasteiger partial charge on any atom is -0.373 e. The van der Waals surface area contributed by atoms with Gasteiger partial charge >= 0.3 is 0 Å². The topological polar surface area (TPSA) is 78.6 Å². The summed E-state index contributed by atoms with van der Waals surface area (Å²) in [5, 5.41) is 3.93. The van der Waals surface area contributed by atoms with Crippen LogP contribution in [-0.2, 0) is 11.7 Å². The van der Waals surface area contributed by atoms with Crippen LogP contribution in [0.3, 0.4) is 0 Å². The van der Waals surface area contributed by atoms with Crippen molar-refractivity contribution >= 4 is 11.2 Å². The third kappa shape index (κ3) is 3.81. The lowest BCUT2D eigenvalue weighted by Crippen LogP contribution is -2.20. The third-order valence-corrected chi connectivity index (χ3v) is 5.33. The third-order valence-electron chi connectivity index (χ3n) is 5.33. The van der Waals surface area contributed by atoms with Gasteiger partial charge in [-0.1, -0.05) is 29.8 Å². The molecule has 0 N–H and O–H groups in total. The van der Waals surface area contributed by atoms with E-state index in [2.05, 4.69) is 20.1 Å². The van der Waals surface area contributed by atoms with E-state index in [-0.39, 0.29) is 40.8 Å². The Labute approximate surface area is 198 Å². The molecule has 0 unspecified atom stereocenters. The number of benzene rings is 1. The van der Waals surface area contributed by atoms with Gasteiger partial charge in [-0.25, -0.2) is 19.9 Å². The van der Waals surface area contributed by atoms with Gasteiger partial charge in [0.15, 0.2) is 5.65 Å². The molecule has 0 radical (unpaired) electrons. The summed E-state index contributed by atoms with van der Waals surface area (Å²) in [5.74, 6) is -0.0775. The number of aromatic nitrogens is 6. The normalized spacial score (nSPS) is 26.5. The molecule has 31 heavy (non-hydrogen) atoms. The molecule has 7 nitrogen and oxygen atoms in total. The Hall–Kier alpha value is -3.19. The van der Waals surface area contributed by atoms with Gasteiger partial charge in [0.05, 0.1) is 23.7 Å². The largest absolute Gasteiger partial charge is 0.373 e. The van der Waals surface area contributed by atoms with E-state index >= 15 is 0 Å². The zero-order valence-corrected chi connectivity index (χ0v) is 16.3. The zero-order chi connectivity index (χ0) is 31.5. The summed E-state index contributed by atoms with van der Waals surface area (Å²) in [5.41, 5.74) is -0.386. The van der Waals surface area contributed by atoms with Crippen LogP contribution in [0.4, 0.5) is 0 Å². The van der Waals surface area contributed by atoms with Crippen LogP contribution in [0.25, 0.3) is 22.4 Å². The Morgan fingerprint density at radius 3 is 2.68 bits per heavy atom. The van der Waals surface area contributed by atoms with Crippen LogP contribution in [-0.4, -0.2) is 36.3 Å². The van der Waals surface area contributed by atoms with Crippen LogP contribution in [0.2, 0.25) is 0 Å². The first-order valence-electron chi connectivity index (χ1n) is 15.7. The second-order valence-electron chi connectivity index (χ2n) is 7.40. The fraction of sp³-hybridized carbons (Fsp3) is 0.375. The summed E-state index contributed by atoms with van der Waals surface area (Å²) in [6.07, 6.45) is 3.09. The minimum atomic E-state index is -2.90. The molecule has 158 valence electrons. The van der Waals surface area contributed by atoms with Crippen LogP contribution in [0.15, 0.2) is 36.7 Å². The van der Waals surface area contributed by atoms with Crippen LogP contribution < -0.4 is 0 Å². The van der Waals surface area contributed by atoms with Crippen molar-refractivity contribution in [3.63, 3.8) is 0 Å². The fourth-order valence-corrected chi connectivity index (χ4v) is 3.74. The van der Waals surface area contributed by atoms with E-state index < -0.39 is 45.0 Å². The number of rotatable bonds is 3. The molecule has 1 aliphatic heterocycles. The molecule has 2 atom stereocenters. The number of hydrogen-bond donors (Lipinski definition) is 0. The zero-order valence-electron chi connectivity index (χ0n) is 28.3.